The van der Waals surface area contributed by atoms with E-state index in [1.54, 1.807) is 13.2 Å². The topological polar surface area (TPSA) is 33.0 Å². The molecule has 0 aliphatic rings. The molecule has 0 saturated heterocycles. The Balaban J connectivity index is 2.51. The van der Waals surface area contributed by atoms with Crippen LogP contribution in [0.4, 0.5) is 0 Å². The molecule has 0 bridgehead atoms. The van der Waals surface area contributed by atoms with Crippen molar-refractivity contribution in [3.8, 4) is 11.8 Å². The molecule has 2 aromatic carbocycles. The van der Waals surface area contributed by atoms with Gasteiger partial charge in [-0.3, -0.25) is 0 Å². The number of nitrogens with zero attached hydrogens (tertiary/aromatic N) is 1. The third kappa shape index (κ3) is 2.77. The lowest BCUT2D eigenvalue weighted by Crippen LogP contribution is -2.03. The SMILES string of the molecule is CCC(c1ccccc1)c1cc(C#N)ccc1OC. The molecule has 19 heavy (non-hydrogen) atoms. The van der Waals surface area contributed by atoms with Gasteiger partial charge >= 0.3 is 0 Å². The van der Waals surface area contributed by atoms with Gasteiger partial charge in [0.05, 0.1) is 18.7 Å². The number of hydrogen-bond acceptors (Lipinski definition) is 2. The van der Waals surface area contributed by atoms with Crippen LogP contribution in [0.15, 0.2) is 48.5 Å². The molecule has 0 aliphatic heterocycles. The van der Waals surface area contributed by atoms with Crippen LogP contribution in [0.3, 0.4) is 0 Å². The van der Waals surface area contributed by atoms with Gasteiger partial charge < -0.3 is 4.74 Å². The predicted octanol–water partition coefficient (Wildman–Crippen LogP) is 4.11. The Morgan fingerprint density at radius 2 is 1.89 bits per heavy atom. The van der Waals surface area contributed by atoms with Crippen molar-refractivity contribution in [3.63, 3.8) is 0 Å². The Kier molecular flexibility index (Phi) is 4.20. The van der Waals surface area contributed by atoms with Crippen molar-refractivity contribution in [2.45, 2.75) is 19.3 Å². The van der Waals surface area contributed by atoms with Crippen molar-refractivity contribution in [1.82, 2.24) is 0 Å². The smallest absolute Gasteiger partial charge is 0.122 e. The van der Waals surface area contributed by atoms with Crippen molar-refractivity contribution in [3.05, 3.63) is 65.2 Å². The summed E-state index contributed by atoms with van der Waals surface area (Å²) in [6.45, 7) is 2.15. The molecule has 0 N–H and O–H groups in total. The second-order valence-corrected chi connectivity index (χ2v) is 4.44. The average Bonchev–Trinajstić information content (AvgIpc) is 2.49. The number of benzene rings is 2. The minimum atomic E-state index is 0.254. The van der Waals surface area contributed by atoms with Gasteiger partial charge in [0.25, 0.3) is 0 Å². The lowest BCUT2D eigenvalue weighted by Gasteiger charge is -2.19. The molecule has 1 unspecified atom stereocenters. The molecule has 0 aromatic heterocycles. The molecule has 2 heteroatoms. The first-order chi connectivity index (χ1) is 9.30. The molecule has 0 amide bonds. The highest BCUT2D eigenvalue weighted by Crippen LogP contribution is 2.34. The summed E-state index contributed by atoms with van der Waals surface area (Å²) >= 11 is 0. The third-order valence-corrected chi connectivity index (χ3v) is 3.34. The van der Waals surface area contributed by atoms with Gasteiger partial charge in [-0.1, -0.05) is 37.3 Å². The molecule has 0 heterocycles. The van der Waals surface area contributed by atoms with Gasteiger partial charge in [-0.2, -0.15) is 5.26 Å². The predicted molar refractivity (Wildman–Crippen MR) is 76.3 cm³/mol. The van der Waals surface area contributed by atoms with Gasteiger partial charge in [-0.05, 0) is 30.2 Å². The number of ether oxygens (including phenoxy) is 1. The highest BCUT2D eigenvalue weighted by atomic mass is 16.5. The zero-order valence-electron chi connectivity index (χ0n) is 11.3. The molecule has 2 rings (SSSR count). The normalized spacial score (nSPS) is 11.6. The molecule has 2 nitrogen and oxygen atoms in total. The minimum Gasteiger partial charge on any atom is -0.496 e. The van der Waals surface area contributed by atoms with E-state index in [1.165, 1.54) is 5.56 Å². The van der Waals surface area contributed by atoms with Gasteiger partial charge in [-0.15, -0.1) is 0 Å². The fourth-order valence-electron chi connectivity index (χ4n) is 2.40. The van der Waals surface area contributed by atoms with Crippen LogP contribution in [0.5, 0.6) is 5.75 Å². The first kappa shape index (κ1) is 13.2. The van der Waals surface area contributed by atoms with Crippen LogP contribution >= 0.6 is 0 Å². The number of hydrogen-bond donors (Lipinski definition) is 0. The molecule has 0 saturated carbocycles. The summed E-state index contributed by atoms with van der Waals surface area (Å²) in [6, 6.07) is 18.1. The summed E-state index contributed by atoms with van der Waals surface area (Å²) in [5.74, 6) is 1.10. The largest absolute Gasteiger partial charge is 0.496 e. The zero-order valence-corrected chi connectivity index (χ0v) is 11.3. The van der Waals surface area contributed by atoms with E-state index in [1.807, 2.05) is 30.3 Å². The number of methoxy groups -OCH3 is 1. The van der Waals surface area contributed by atoms with Crippen molar-refractivity contribution < 1.29 is 4.74 Å². The molecule has 2 aromatic rings. The van der Waals surface area contributed by atoms with E-state index in [2.05, 4.69) is 25.1 Å². The summed E-state index contributed by atoms with van der Waals surface area (Å²) < 4.78 is 5.44. The molecule has 0 aliphatic carbocycles. The lowest BCUT2D eigenvalue weighted by molar-refractivity contribution is 0.407. The van der Waals surface area contributed by atoms with Gasteiger partial charge in [0.1, 0.15) is 5.75 Å². The van der Waals surface area contributed by atoms with Gasteiger partial charge in [0.15, 0.2) is 0 Å². The summed E-state index contributed by atoms with van der Waals surface area (Å²) in [7, 11) is 1.67. The van der Waals surface area contributed by atoms with E-state index >= 15 is 0 Å². The van der Waals surface area contributed by atoms with Crippen molar-refractivity contribution >= 4 is 0 Å². The zero-order chi connectivity index (χ0) is 13.7. The molecule has 0 radical (unpaired) electrons. The number of rotatable bonds is 4. The van der Waals surface area contributed by atoms with Crippen molar-refractivity contribution in [2.24, 2.45) is 0 Å². The van der Waals surface area contributed by atoms with Gasteiger partial charge in [-0.25, -0.2) is 0 Å². The standard InChI is InChI=1S/C17H17NO/c1-3-15(14-7-5-4-6-8-14)16-11-13(12-18)9-10-17(16)19-2/h4-11,15H,3H2,1-2H3. The van der Waals surface area contributed by atoms with E-state index in [0.717, 1.165) is 17.7 Å². The molecule has 96 valence electrons. The highest BCUT2D eigenvalue weighted by molar-refractivity contribution is 5.47. The Morgan fingerprint density at radius 1 is 1.16 bits per heavy atom. The first-order valence-corrected chi connectivity index (χ1v) is 6.43. The van der Waals surface area contributed by atoms with Crippen LogP contribution in [-0.4, -0.2) is 7.11 Å². The quantitative estimate of drug-likeness (QED) is 0.819. The summed E-state index contributed by atoms with van der Waals surface area (Å²) in [5.41, 5.74) is 3.00. The second kappa shape index (κ2) is 6.06. The van der Waals surface area contributed by atoms with Crippen molar-refractivity contribution in [1.29, 1.82) is 5.26 Å². The first-order valence-electron chi connectivity index (χ1n) is 6.43. The van der Waals surface area contributed by atoms with Gasteiger partial charge in [0.2, 0.25) is 0 Å². The maximum atomic E-state index is 9.06. The highest BCUT2D eigenvalue weighted by Gasteiger charge is 2.17. The Labute approximate surface area is 114 Å². The van der Waals surface area contributed by atoms with Crippen LogP contribution in [0.25, 0.3) is 0 Å². The summed E-state index contributed by atoms with van der Waals surface area (Å²) in [4.78, 5) is 0. The maximum Gasteiger partial charge on any atom is 0.122 e. The Morgan fingerprint density at radius 3 is 2.47 bits per heavy atom. The van der Waals surface area contributed by atoms with Crippen LogP contribution in [0, 0.1) is 11.3 Å². The van der Waals surface area contributed by atoms with Crippen LogP contribution in [0.1, 0.15) is 36.0 Å². The van der Waals surface area contributed by atoms with Crippen LogP contribution in [-0.2, 0) is 0 Å². The average molecular weight is 251 g/mol. The van der Waals surface area contributed by atoms with E-state index in [9.17, 15) is 0 Å². The number of nitriles is 1. The molecular weight excluding hydrogens is 234 g/mol. The minimum absolute atomic E-state index is 0.254. The van der Waals surface area contributed by atoms with E-state index in [-0.39, 0.29) is 5.92 Å². The van der Waals surface area contributed by atoms with Gasteiger partial charge in [0, 0.05) is 11.5 Å². The van der Waals surface area contributed by atoms with E-state index in [4.69, 9.17) is 10.00 Å². The lowest BCUT2D eigenvalue weighted by atomic mass is 9.88. The maximum absolute atomic E-state index is 9.06. The second-order valence-electron chi connectivity index (χ2n) is 4.44. The van der Waals surface area contributed by atoms with E-state index in [0.29, 0.717) is 5.56 Å². The van der Waals surface area contributed by atoms with Crippen LogP contribution in [0.2, 0.25) is 0 Å². The molecule has 0 spiro atoms. The molecular formula is C17H17NO. The van der Waals surface area contributed by atoms with E-state index < -0.39 is 0 Å². The fourth-order valence-corrected chi connectivity index (χ4v) is 2.40. The molecule has 0 fully saturated rings. The van der Waals surface area contributed by atoms with Crippen LogP contribution < -0.4 is 4.74 Å². The Hall–Kier alpha value is -2.27. The van der Waals surface area contributed by atoms with Crippen molar-refractivity contribution in [2.75, 3.05) is 7.11 Å². The Bertz CT molecular complexity index is 584. The summed E-state index contributed by atoms with van der Waals surface area (Å²) in [6.07, 6.45) is 0.968. The monoisotopic (exact) mass is 251 g/mol. The summed E-state index contributed by atoms with van der Waals surface area (Å²) in [5, 5.41) is 9.06. The molecule has 1 atom stereocenters. The fraction of sp³-hybridized carbons (Fsp3) is 0.235. The third-order valence-electron chi connectivity index (χ3n) is 3.34.